The lowest BCUT2D eigenvalue weighted by atomic mass is 10.1. The largest absolute Gasteiger partial charge is 0.347 e. The Morgan fingerprint density at radius 1 is 1.29 bits per heavy atom. The number of fused-ring (bicyclic) bond motifs is 1. The highest BCUT2D eigenvalue weighted by Gasteiger charge is 2.11. The number of H-pyrrole nitrogens is 1. The lowest BCUT2D eigenvalue weighted by Crippen LogP contribution is -2.24. The van der Waals surface area contributed by atoms with Gasteiger partial charge < -0.3 is 10.3 Å². The van der Waals surface area contributed by atoms with Crippen molar-refractivity contribution in [1.82, 2.24) is 10.3 Å². The normalized spacial score (nSPS) is 10.7. The van der Waals surface area contributed by atoms with E-state index < -0.39 is 0 Å². The summed E-state index contributed by atoms with van der Waals surface area (Å²) < 4.78 is 0.998. The van der Waals surface area contributed by atoms with Crippen molar-refractivity contribution in [2.75, 3.05) is 0 Å². The van der Waals surface area contributed by atoms with E-state index in [0.717, 1.165) is 14.7 Å². The van der Waals surface area contributed by atoms with Crippen LogP contribution >= 0.6 is 27.3 Å². The Hall–Kier alpha value is -1.92. The number of carbonyl (C=O) groups excluding carboxylic acids is 1. The quantitative estimate of drug-likeness (QED) is 0.750. The van der Waals surface area contributed by atoms with E-state index in [2.05, 4.69) is 26.2 Å². The number of hydrogen-bond donors (Lipinski definition) is 2. The number of amides is 1. The number of thiophene rings is 1. The molecule has 0 radical (unpaired) electrons. The highest BCUT2D eigenvalue weighted by atomic mass is 79.9. The van der Waals surface area contributed by atoms with E-state index in [1.54, 1.807) is 17.4 Å². The van der Waals surface area contributed by atoms with Crippen LogP contribution in [0.25, 0.3) is 10.9 Å². The number of halogens is 1. The molecule has 1 aromatic carbocycles. The van der Waals surface area contributed by atoms with Crippen LogP contribution in [-0.4, -0.2) is 10.9 Å². The maximum atomic E-state index is 12.3. The summed E-state index contributed by atoms with van der Waals surface area (Å²) in [4.78, 5) is 27.7. The SMILES string of the molecule is O=C(NCc1cc(Br)cs1)c1cc(=O)[nH]c2ccccc12. The number of aromatic amines is 1. The maximum Gasteiger partial charge on any atom is 0.252 e. The van der Waals surface area contributed by atoms with Crippen molar-refractivity contribution in [2.45, 2.75) is 6.54 Å². The van der Waals surface area contributed by atoms with E-state index in [-0.39, 0.29) is 11.5 Å². The highest BCUT2D eigenvalue weighted by molar-refractivity contribution is 9.10. The summed E-state index contributed by atoms with van der Waals surface area (Å²) in [5.74, 6) is -0.248. The second kappa shape index (κ2) is 5.83. The average molecular weight is 363 g/mol. The van der Waals surface area contributed by atoms with E-state index in [4.69, 9.17) is 0 Å². The molecule has 2 heterocycles. The van der Waals surface area contributed by atoms with Crippen LogP contribution in [0.1, 0.15) is 15.2 Å². The third-order valence-corrected chi connectivity index (χ3v) is 4.74. The standard InChI is InChI=1S/C15H11BrN2O2S/c16-9-5-10(21-8-9)7-17-15(20)12-6-14(19)18-13-4-2-1-3-11(12)13/h1-6,8H,7H2,(H,17,20)(H,18,19). The van der Waals surface area contributed by atoms with Crippen LogP contribution in [0.5, 0.6) is 0 Å². The Morgan fingerprint density at radius 3 is 2.86 bits per heavy atom. The Labute approximate surface area is 133 Å². The monoisotopic (exact) mass is 362 g/mol. The molecule has 0 saturated carbocycles. The van der Waals surface area contributed by atoms with Gasteiger partial charge in [-0.15, -0.1) is 11.3 Å². The number of carbonyl (C=O) groups is 1. The van der Waals surface area contributed by atoms with Gasteiger partial charge in [-0.25, -0.2) is 0 Å². The van der Waals surface area contributed by atoms with Crippen molar-refractivity contribution in [1.29, 1.82) is 0 Å². The second-order valence-corrected chi connectivity index (χ2v) is 6.42. The van der Waals surface area contributed by atoms with Gasteiger partial charge in [0.15, 0.2) is 0 Å². The van der Waals surface area contributed by atoms with Gasteiger partial charge in [-0.3, -0.25) is 9.59 Å². The van der Waals surface area contributed by atoms with Crippen molar-refractivity contribution in [2.24, 2.45) is 0 Å². The van der Waals surface area contributed by atoms with E-state index in [0.29, 0.717) is 17.6 Å². The van der Waals surface area contributed by atoms with Crippen molar-refractivity contribution < 1.29 is 4.79 Å². The van der Waals surface area contributed by atoms with Crippen LogP contribution in [0, 0.1) is 0 Å². The van der Waals surface area contributed by atoms with Crippen molar-refractivity contribution in [3.8, 4) is 0 Å². The zero-order chi connectivity index (χ0) is 14.8. The Balaban J connectivity index is 1.89. The summed E-state index contributed by atoms with van der Waals surface area (Å²) in [5.41, 5.74) is 0.775. The molecular weight excluding hydrogens is 352 g/mol. The lowest BCUT2D eigenvalue weighted by Gasteiger charge is -2.06. The van der Waals surface area contributed by atoms with E-state index >= 15 is 0 Å². The lowest BCUT2D eigenvalue weighted by molar-refractivity contribution is 0.0953. The van der Waals surface area contributed by atoms with Crippen LogP contribution in [0.15, 0.2) is 51.0 Å². The zero-order valence-electron chi connectivity index (χ0n) is 10.9. The summed E-state index contributed by atoms with van der Waals surface area (Å²) in [5, 5.41) is 5.55. The summed E-state index contributed by atoms with van der Waals surface area (Å²) >= 11 is 4.94. The van der Waals surface area contributed by atoms with Crippen molar-refractivity contribution >= 4 is 44.1 Å². The molecule has 0 aliphatic heterocycles. The molecule has 106 valence electrons. The molecule has 0 aliphatic carbocycles. The maximum absolute atomic E-state index is 12.3. The zero-order valence-corrected chi connectivity index (χ0v) is 13.3. The minimum atomic E-state index is -0.280. The topological polar surface area (TPSA) is 62.0 Å². The molecule has 0 fully saturated rings. The van der Waals surface area contributed by atoms with Crippen molar-refractivity contribution in [3.63, 3.8) is 0 Å². The molecule has 4 nitrogen and oxygen atoms in total. The molecule has 3 rings (SSSR count). The number of rotatable bonds is 3. The molecule has 1 amide bonds. The Bertz CT molecular complexity index is 869. The van der Waals surface area contributed by atoms with E-state index in [9.17, 15) is 9.59 Å². The van der Waals surface area contributed by atoms with Crippen LogP contribution < -0.4 is 10.9 Å². The van der Waals surface area contributed by atoms with Gasteiger partial charge in [-0.05, 0) is 28.1 Å². The fourth-order valence-corrected chi connectivity index (χ4v) is 3.49. The summed E-state index contributed by atoms with van der Waals surface area (Å²) in [7, 11) is 0. The molecular formula is C15H11BrN2O2S. The third kappa shape index (κ3) is 3.06. The summed E-state index contributed by atoms with van der Waals surface area (Å²) in [6.45, 7) is 0.441. The Morgan fingerprint density at radius 2 is 2.10 bits per heavy atom. The number of benzene rings is 1. The number of para-hydroxylation sites is 1. The fraction of sp³-hybridized carbons (Fsp3) is 0.0667. The number of hydrogen-bond acceptors (Lipinski definition) is 3. The van der Waals surface area contributed by atoms with Crippen LogP contribution in [0.3, 0.4) is 0 Å². The third-order valence-electron chi connectivity index (χ3n) is 3.04. The minimum Gasteiger partial charge on any atom is -0.347 e. The number of nitrogens with one attached hydrogen (secondary N) is 2. The minimum absolute atomic E-state index is 0.248. The van der Waals surface area contributed by atoms with Crippen molar-refractivity contribution in [3.05, 3.63) is 67.0 Å². The number of pyridine rings is 1. The van der Waals surface area contributed by atoms with Crippen LogP contribution in [0.2, 0.25) is 0 Å². The molecule has 21 heavy (non-hydrogen) atoms. The average Bonchev–Trinajstić information content (AvgIpc) is 2.89. The first-order valence-electron chi connectivity index (χ1n) is 6.26. The molecule has 0 saturated heterocycles. The van der Waals surface area contributed by atoms with Gasteiger partial charge in [0.25, 0.3) is 5.91 Å². The molecule has 6 heteroatoms. The first-order chi connectivity index (χ1) is 10.1. The van der Waals surface area contributed by atoms with Crippen LogP contribution in [0.4, 0.5) is 0 Å². The van der Waals surface area contributed by atoms with E-state index in [1.165, 1.54) is 6.07 Å². The molecule has 3 aromatic rings. The predicted molar refractivity (Wildman–Crippen MR) is 87.8 cm³/mol. The van der Waals surface area contributed by atoms with Crippen LogP contribution in [-0.2, 0) is 6.54 Å². The van der Waals surface area contributed by atoms with Gasteiger partial charge in [0.2, 0.25) is 5.56 Å². The number of aromatic nitrogens is 1. The molecule has 0 bridgehead atoms. The van der Waals surface area contributed by atoms with Gasteiger partial charge in [-0.1, -0.05) is 18.2 Å². The molecule has 0 aliphatic rings. The molecule has 0 spiro atoms. The van der Waals surface area contributed by atoms with Gasteiger partial charge in [0.05, 0.1) is 12.1 Å². The summed E-state index contributed by atoms with van der Waals surface area (Å²) in [6.07, 6.45) is 0. The van der Waals surface area contributed by atoms with Gasteiger partial charge in [0, 0.05) is 31.7 Å². The Kier molecular flexibility index (Phi) is 3.90. The highest BCUT2D eigenvalue weighted by Crippen LogP contribution is 2.20. The first-order valence-corrected chi connectivity index (χ1v) is 7.94. The fourth-order valence-electron chi connectivity index (χ4n) is 2.10. The van der Waals surface area contributed by atoms with Gasteiger partial charge in [0.1, 0.15) is 0 Å². The molecule has 0 atom stereocenters. The van der Waals surface area contributed by atoms with Gasteiger partial charge >= 0.3 is 0 Å². The van der Waals surface area contributed by atoms with E-state index in [1.807, 2.05) is 29.6 Å². The van der Waals surface area contributed by atoms with Gasteiger partial charge in [-0.2, -0.15) is 0 Å². The summed E-state index contributed by atoms with van der Waals surface area (Å²) in [6, 6.07) is 10.6. The second-order valence-electron chi connectivity index (χ2n) is 4.51. The predicted octanol–water partition coefficient (Wildman–Crippen LogP) is 3.28. The molecule has 2 aromatic heterocycles. The smallest absolute Gasteiger partial charge is 0.252 e. The first kappa shape index (κ1) is 14.0. The molecule has 0 unspecified atom stereocenters. The molecule has 2 N–H and O–H groups in total.